The number of carbonyl (C=O) groups is 1. The molecule has 1 aromatic heterocycles. The predicted molar refractivity (Wildman–Crippen MR) is 141 cm³/mol. The molecule has 11 heteroatoms. The fourth-order valence-corrected chi connectivity index (χ4v) is 6.21. The summed E-state index contributed by atoms with van der Waals surface area (Å²) in [5, 5.41) is 13.5. The van der Waals surface area contributed by atoms with Crippen LogP contribution in [0.2, 0.25) is 0 Å². The summed E-state index contributed by atoms with van der Waals surface area (Å²) in [7, 11) is -2.00. The van der Waals surface area contributed by atoms with E-state index in [4.69, 9.17) is 4.74 Å². The van der Waals surface area contributed by atoms with Gasteiger partial charge >= 0.3 is 6.03 Å². The number of aliphatic hydroxyl groups excluding tert-OH is 1. The number of likely N-dealkylation sites (tertiary alicyclic amines) is 1. The molecule has 0 saturated carbocycles. The van der Waals surface area contributed by atoms with Gasteiger partial charge in [0.05, 0.1) is 12.7 Å². The van der Waals surface area contributed by atoms with Crippen LogP contribution in [0, 0.1) is 5.41 Å². The molecule has 1 fully saturated rings. The van der Waals surface area contributed by atoms with Crippen LogP contribution < -0.4 is 14.8 Å². The van der Waals surface area contributed by atoms with E-state index in [0.717, 1.165) is 17.5 Å². The number of hydrogen-bond acceptors (Lipinski definition) is 7. The molecule has 2 aromatic rings. The molecule has 1 saturated heterocycles. The molecule has 2 amide bonds. The first-order chi connectivity index (χ1) is 17.7. The second-order valence-corrected chi connectivity index (χ2v) is 11.8. The van der Waals surface area contributed by atoms with Gasteiger partial charge in [0.2, 0.25) is 10.0 Å². The zero-order valence-corrected chi connectivity index (χ0v) is 22.3. The van der Waals surface area contributed by atoms with Crippen LogP contribution in [0.4, 0.5) is 4.79 Å². The Bertz CT molecular complexity index is 1170. The highest BCUT2D eigenvalue weighted by molar-refractivity contribution is 7.89. The maximum Gasteiger partial charge on any atom is 0.317 e. The second-order valence-electron chi connectivity index (χ2n) is 10.1. The zero-order chi connectivity index (χ0) is 26.5. The summed E-state index contributed by atoms with van der Waals surface area (Å²) in [5.41, 5.74) is 1.33. The van der Waals surface area contributed by atoms with Crippen molar-refractivity contribution in [3.8, 4) is 16.9 Å². The Morgan fingerprint density at radius 2 is 2.05 bits per heavy atom. The number of hydrogen-bond donors (Lipinski definition) is 3. The number of aliphatic hydroxyl groups is 1. The van der Waals surface area contributed by atoms with Crippen LogP contribution in [-0.2, 0) is 10.0 Å². The molecule has 1 unspecified atom stereocenters. The van der Waals surface area contributed by atoms with Crippen LogP contribution in [0.25, 0.3) is 11.1 Å². The van der Waals surface area contributed by atoms with E-state index >= 15 is 0 Å². The first kappa shape index (κ1) is 27.3. The summed E-state index contributed by atoms with van der Waals surface area (Å²) >= 11 is 0. The van der Waals surface area contributed by atoms with Gasteiger partial charge < -0.3 is 25.0 Å². The topological polar surface area (TPSA) is 124 Å². The minimum absolute atomic E-state index is 0.0350. The summed E-state index contributed by atoms with van der Waals surface area (Å²) in [5.74, 6) is 0.258. The fraction of sp³-hybridized carbons (Fsp3) is 0.538. The van der Waals surface area contributed by atoms with Crippen molar-refractivity contribution in [1.29, 1.82) is 0 Å². The minimum Gasteiger partial charge on any atom is -0.492 e. The molecule has 2 aliphatic heterocycles. The Kier molecular flexibility index (Phi) is 8.68. The smallest absolute Gasteiger partial charge is 0.317 e. The molecular formula is C26H37N5O5S. The number of pyridine rings is 1. The standard InChI is InChI=1S/C26H37N5O5S/c1-3-10-28-25(33)31-12-8-26(9-13-31)18-30(2)17-22(32)16-29-37(34,35)24-7-6-20(14-23(24)36-19-26)21-5-4-11-27-15-21/h4-7,11,14-15,22,29,32H,3,8-10,12-13,16-19H2,1-2H3,(H,28,33). The van der Waals surface area contributed by atoms with Crippen LogP contribution >= 0.6 is 0 Å². The molecule has 1 aromatic carbocycles. The molecule has 202 valence electrons. The van der Waals surface area contributed by atoms with Crippen molar-refractivity contribution >= 4 is 16.1 Å². The van der Waals surface area contributed by atoms with E-state index in [2.05, 4.69) is 15.0 Å². The van der Waals surface area contributed by atoms with Crippen LogP contribution in [0.3, 0.4) is 0 Å². The van der Waals surface area contributed by atoms with E-state index in [-0.39, 0.29) is 35.2 Å². The number of benzene rings is 1. The van der Waals surface area contributed by atoms with Gasteiger partial charge in [0.25, 0.3) is 0 Å². The number of aromatic nitrogens is 1. The Morgan fingerprint density at radius 1 is 1.27 bits per heavy atom. The van der Waals surface area contributed by atoms with Gasteiger partial charge in [-0.25, -0.2) is 17.9 Å². The number of fused-ring (bicyclic) bond motifs is 1. The average molecular weight is 532 g/mol. The summed E-state index contributed by atoms with van der Waals surface area (Å²) in [4.78, 5) is 20.6. The van der Waals surface area contributed by atoms with Crippen molar-refractivity contribution in [1.82, 2.24) is 24.8 Å². The predicted octanol–water partition coefficient (Wildman–Crippen LogP) is 1.91. The number of nitrogens with zero attached hydrogens (tertiary/aromatic N) is 3. The number of urea groups is 1. The lowest BCUT2D eigenvalue weighted by molar-refractivity contribution is 0.0243. The van der Waals surface area contributed by atoms with Crippen LogP contribution in [0.15, 0.2) is 47.6 Å². The fourth-order valence-electron chi connectivity index (χ4n) is 5.01. The normalized spacial score (nSPS) is 22.2. The van der Waals surface area contributed by atoms with Gasteiger partial charge in [-0.1, -0.05) is 19.1 Å². The molecule has 2 aliphatic rings. The van der Waals surface area contributed by atoms with Gasteiger partial charge in [-0.3, -0.25) is 4.98 Å². The van der Waals surface area contributed by atoms with E-state index in [0.29, 0.717) is 45.6 Å². The van der Waals surface area contributed by atoms with Crippen molar-refractivity contribution < 1.29 is 23.1 Å². The third-order valence-corrected chi connectivity index (χ3v) is 8.50. The minimum atomic E-state index is -3.92. The van der Waals surface area contributed by atoms with Gasteiger partial charge in [0, 0.05) is 62.6 Å². The molecule has 0 aliphatic carbocycles. The lowest BCUT2D eigenvalue weighted by atomic mass is 9.78. The molecule has 10 nitrogen and oxygen atoms in total. The summed E-state index contributed by atoms with van der Waals surface area (Å²) in [6.07, 6.45) is 4.82. The van der Waals surface area contributed by atoms with Crippen molar-refractivity contribution in [3.63, 3.8) is 0 Å². The van der Waals surface area contributed by atoms with Crippen molar-refractivity contribution in [2.45, 2.75) is 37.2 Å². The van der Waals surface area contributed by atoms with Crippen molar-refractivity contribution in [3.05, 3.63) is 42.7 Å². The Labute approximate surface area is 219 Å². The van der Waals surface area contributed by atoms with Gasteiger partial charge in [-0.15, -0.1) is 0 Å². The highest BCUT2D eigenvalue weighted by Gasteiger charge is 2.39. The van der Waals surface area contributed by atoms with Gasteiger partial charge in [0.1, 0.15) is 10.6 Å². The molecule has 3 N–H and O–H groups in total. The lowest BCUT2D eigenvalue weighted by Crippen LogP contribution is -2.53. The number of β-amino-alcohol motifs (C(OH)–C–C–N with tert-alkyl or cyclic N) is 1. The maximum absolute atomic E-state index is 13.2. The van der Waals surface area contributed by atoms with Crippen LogP contribution in [-0.4, -0.2) is 93.4 Å². The Balaban J connectivity index is 1.64. The Hall–Kier alpha value is -2.73. The van der Waals surface area contributed by atoms with E-state index in [1.807, 2.05) is 35.9 Å². The molecule has 1 atom stereocenters. The summed E-state index contributed by atoms with van der Waals surface area (Å²) in [6.45, 7) is 4.98. The number of amides is 2. The van der Waals surface area contributed by atoms with E-state index in [9.17, 15) is 18.3 Å². The van der Waals surface area contributed by atoms with E-state index < -0.39 is 16.1 Å². The van der Waals surface area contributed by atoms with Crippen LogP contribution in [0.1, 0.15) is 26.2 Å². The lowest BCUT2D eigenvalue weighted by Gasteiger charge is -2.44. The molecule has 37 heavy (non-hydrogen) atoms. The highest BCUT2D eigenvalue weighted by Crippen LogP contribution is 2.36. The van der Waals surface area contributed by atoms with E-state index in [1.165, 1.54) is 6.07 Å². The molecular weight excluding hydrogens is 494 g/mol. The largest absolute Gasteiger partial charge is 0.492 e. The number of sulfonamides is 1. The van der Waals surface area contributed by atoms with Gasteiger partial charge in [-0.2, -0.15) is 0 Å². The summed E-state index contributed by atoms with van der Waals surface area (Å²) < 4.78 is 35.2. The first-order valence-corrected chi connectivity index (χ1v) is 14.3. The molecule has 4 rings (SSSR count). The van der Waals surface area contributed by atoms with Crippen LogP contribution in [0.5, 0.6) is 5.75 Å². The second kappa shape index (κ2) is 11.8. The molecule has 1 spiro atoms. The first-order valence-electron chi connectivity index (χ1n) is 12.8. The molecule has 0 bridgehead atoms. The van der Waals surface area contributed by atoms with E-state index in [1.54, 1.807) is 24.5 Å². The third kappa shape index (κ3) is 6.78. The quantitative estimate of drug-likeness (QED) is 0.553. The number of ether oxygens (including phenoxy) is 1. The highest BCUT2D eigenvalue weighted by atomic mass is 32.2. The summed E-state index contributed by atoms with van der Waals surface area (Å²) in [6, 6.07) is 8.68. The number of rotatable bonds is 3. The van der Waals surface area contributed by atoms with Crippen molar-refractivity contribution in [2.75, 3.05) is 52.9 Å². The molecule has 0 radical (unpaired) electrons. The van der Waals surface area contributed by atoms with Gasteiger partial charge in [-0.05, 0) is 50.1 Å². The monoisotopic (exact) mass is 531 g/mol. The number of carbonyl (C=O) groups excluding carboxylic acids is 1. The third-order valence-electron chi connectivity index (χ3n) is 7.04. The molecule has 3 heterocycles. The average Bonchev–Trinajstić information content (AvgIpc) is 2.89. The number of nitrogens with one attached hydrogen (secondary N) is 2. The zero-order valence-electron chi connectivity index (χ0n) is 21.5. The SMILES string of the molecule is CCCNC(=O)N1CCC2(CC1)COc1cc(-c3cccnc3)ccc1S(=O)(=O)NCC(O)CN(C)C2. The maximum atomic E-state index is 13.2. The number of likely N-dealkylation sites (N-methyl/N-ethyl adjacent to an activating group) is 1. The van der Waals surface area contributed by atoms with Crippen molar-refractivity contribution in [2.24, 2.45) is 5.41 Å². The number of piperidine rings is 1. The van der Waals surface area contributed by atoms with Gasteiger partial charge in [0.15, 0.2) is 0 Å². The Morgan fingerprint density at radius 3 is 2.76 bits per heavy atom.